The summed E-state index contributed by atoms with van der Waals surface area (Å²) in [5.41, 5.74) is 6.90. The van der Waals surface area contributed by atoms with Crippen molar-refractivity contribution < 1.29 is 9.59 Å². The van der Waals surface area contributed by atoms with Crippen LogP contribution in [0.15, 0.2) is 107 Å². The molecule has 0 fully saturated rings. The van der Waals surface area contributed by atoms with Crippen LogP contribution in [-0.2, 0) is 5.41 Å². The molecule has 178 valence electrons. The van der Waals surface area contributed by atoms with Gasteiger partial charge in [0.2, 0.25) is 11.6 Å². The Morgan fingerprint density at radius 2 is 1.14 bits per heavy atom. The molecular weight excluding hydrogens is 510 g/mol. The molecule has 0 unspecified atom stereocenters. The summed E-state index contributed by atoms with van der Waals surface area (Å²) >= 11 is 3.44. The van der Waals surface area contributed by atoms with E-state index in [0.717, 1.165) is 33.5 Å². The minimum atomic E-state index is -0.247. The highest BCUT2D eigenvalue weighted by molar-refractivity contribution is 9.12. The SMILES string of the molecule is CC(C)(C)c1cc(-c2ccccc2)cc(-c2ccccc2)c1NC1=C(Br)C(=O)c2ccccc2C1=O. The minimum absolute atomic E-state index is 0.202. The maximum absolute atomic E-state index is 13.6. The lowest BCUT2D eigenvalue weighted by Gasteiger charge is -2.29. The number of fused-ring (bicyclic) bond motifs is 1. The van der Waals surface area contributed by atoms with Crippen LogP contribution in [0, 0.1) is 0 Å². The predicted molar refractivity (Wildman–Crippen MR) is 151 cm³/mol. The van der Waals surface area contributed by atoms with E-state index in [0.29, 0.717) is 11.1 Å². The van der Waals surface area contributed by atoms with Crippen LogP contribution in [-0.4, -0.2) is 11.6 Å². The number of anilines is 1. The summed E-state index contributed by atoms with van der Waals surface area (Å²) in [4.78, 5) is 26.7. The van der Waals surface area contributed by atoms with Crippen molar-refractivity contribution in [3.05, 3.63) is 124 Å². The van der Waals surface area contributed by atoms with Crippen LogP contribution >= 0.6 is 15.9 Å². The Morgan fingerprint density at radius 3 is 1.72 bits per heavy atom. The van der Waals surface area contributed by atoms with Crippen molar-refractivity contribution in [2.24, 2.45) is 0 Å². The van der Waals surface area contributed by atoms with Crippen LogP contribution in [0.5, 0.6) is 0 Å². The lowest BCUT2D eigenvalue weighted by atomic mass is 9.81. The van der Waals surface area contributed by atoms with E-state index in [-0.39, 0.29) is 27.2 Å². The zero-order valence-corrected chi connectivity index (χ0v) is 22.0. The number of nitrogens with one attached hydrogen (secondary N) is 1. The van der Waals surface area contributed by atoms with Crippen molar-refractivity contribution >= 4 is 33.2 Å². The smallest absolute Gasteiger partial charge is 0.211 e. The quantitative estimate of drug-likeness (QED) is 0.285. The summed E-state index contributed by atoms with van der Waals surface area (Å²) < 4.78 is 0.247. The van der Waals surface area contributed by atoms with Gasteiger partial charge in [0.1, 0.15) is 5.70 Å². The van der Waals surface area contributed by atoms with Crippen molar-refractivity contribution in [3.8, 4) is 22.3 Å². The average Bonchev–Trinajstić information content (AvgIpc) is 2.90. The van der Waals surface area contributed by atoms with Crippen molar-refractivity contribution in [2.45, 2.75) is 26.2 Å². The van der Waals surface area contributed by atoms with Gasteiger partial charge in [0.05, 0.1) is 10.2 Å². The molecule has 4 aromatic carbocycles. The first-order chi connectivity index (χ1) is 17.3. The maximum atomic E-state index is 13.6. The lowest BCUT2D eigenvalue weighted by Crippen LogP contribution is -2.25. The van der Waals surface area contributed by atoms with E-state index in [4.69, 9.17) is 0 Å². The van der Waals surface area contributed by atoms with Gasteiger partial charge in [-0.15, -0.1) is 0 Å². The highest BCUT2D eigenvalue weighted by Crippen LogP contribution is 2.43. The lowest BCUT2D eigenvalue weighted by molar-refractivity contribution is 0.0983. The third-order valence-electron chi connectivity index (χ3n) is 6.45. The second kappa shape index (κ2) is 9.36. The third kappa shape index (κ3) is 4.33. The number of benzene rings is 4. The molecule has 0 heterocycles. The number of allylic oxidation sites excluding steroid dienone is 2. The van der Waals surface area contributed by atoms with Gasteiger partial charge in [-0.1, -0.05) is 106 Å². The Bertz CT molecular complexity index is 1510. The zero-order chi connectivity index (χ0) is 25.4. The summed E-state index contributed by atoms with van der Waals surface area (Å²) in [6.45, 7) is 6.47. The zero-order valence-electron chi connectivity index (χ0n) is 20.4. The summed E-state index contributed by atoms with van der Waals surface area (Å²) in [5.74, 6) is -0.407. The van der Waals surface area contributed by atoms with Gasteiger partial charge in [0.25, 0.3) is 0 Å². The molecule has 0 aromatic heterocycles. The van der Waals surface area contributed by atoms with E-state index in [1.54, 1.807) is 24.3 Å². The fourth-order valence-corrected chi connectivity index (χ4v) is 5.09. The Balaban J connectivity index is 1.75. The molecule has 0 aliphatic heterocycles. The molecule has 0 saturated heterocycles. The predicted octanol–water partition coefficient (Wildman–Crippen LogP) is 8.42. The number of rotatable bonds is 4. The van der Waals surface area contributed by atoms with Crippen molar-refractivity contribution in [3.63, 3.8) is 0 Å². The maximum Gasteiger partial charge on any atom is 0.211 e. The fourth-order valence-electron chi connectivity index (χ4n) is 4.59. The summed E-state index contributed by atoms with van der Waals surface area (Å²) in [6, 6.07) is 31.7. The van der Waals surface area contributed by atoms with Gasteiger partial charge in [-0.05, 0) is 55.7 Å². The third-order valence-corrected chi connectivity index (χ3v) is 7.21. The Morgan fingerprint density at radius 1 is 0.611 bits per heavy atom. The molecule has 1 aliphatic rings. The molecule has 1 N–H and O–H groups in total. The van der Waals surface area contributed by atoms with Crippen molar-refractivity contribution in [1.82, 2.24) is 0 Å². The molecule has 0 radical (unpaired) electrons. The number of carbonyl (C=O) groups excluding carboxylic acids is 2. The van der Waals surface area contributed by atoms with Gasteiger partial charge in [0, 0.05) is 16.7 Å². The van der Waals surface area contributed by atoms with Crippen LogP contribution in [0.25, 0.3) is 22.3 Å². The molecule has 0 bridgehead atoms. The summed E-state index contributed by atoms with van der Waals surface area (Å²) in [7, 11) is 0. The summed E-state index contributed by atoms with van der Waals surface area (Å²) in [5, 5.41) is 3.44. The summed E-state index contributed by atoms with van der Waals surface area (Å²) in [6.07, 6.45) is 0. The molecule has 4 aromatic rings. The highest BCUT2D eigenvalue weighted by atomic mass is 79.9. The Kier molecular flexibility index (Phi) is 6.23. The number of halogens is 1. The number of ketones is 2. The van der Waals surface area contributed by atoms with Crippen molar-refractivity contribution in [2.75, 3.05) is 5.32 Å². The van der Waals surface area contributed by atoms with Crippen LogP contribution in [0.1, 0.15) is 47.1 Å². The first-order valence-corrected chi connectivity index (χ1v) is 12.7. The van der Waals surface area contributed by atoms with E-state index in [9.17, 15) is 9.59 Å². The molecule has 5 rings (SSSR count). The largest absolute Gasteiger partial charge is 0.351 e. The van der Waals surface area contributed by atoms with Gasteiger partial charge in [0.15, 0.2) is 0 Å². The monoisotopic (exact) mass is 535 g/mol. The first-order valence-electron chi connectivity index (χ1n) is 11.9. The Hall–Kier alpha value is -3.76. The molecule has 3 nitrogen and oxygen atoms in total. The molecule has 4 heteroatoms. The van der Waals surface area contributed by atoms with Gasteiger partial charge in [-0.3, -0.25) is 9.59 Å². The molecule has 36 heavy (non-hydrogen) atoms. The van der Waals surface area contributed by atoms with Crippen LogP contribution < -0.4 is 5.32 Å². The minimum Gasteiger partial charge on any atom is -0.351 e. The molecule has 0 saturated carbocycles. The van der Waals surface area contributed by atoms with E-state index in [1.807, 2.05) is 36.4 Å². The standard InChI is InChI=1S/C32H26BrNO2/c1-32(2,3)26-19-22(20-12-6-4-7-13-20)18-25(21-14-8-5-9-15-21)28(26)34-29-27(33)30(35)23-16-10-11-17-24(23)31(29)36/h4-19,34H,1-3H3. The van der Waals surface area contributed by atoms with Crippen LogP contribution in [0.3, 0.4) is 0 Å². The molecule has 1 aliphatic carbocycles. The second-order valence-corrected chi connectivity index (χ2v) is 10.7. The molecule has 0 atom stereocenters. The number of Topliss-reactive ketones (excluding diaryl/α,β-unsaturated/α-hetero) is 2. The van der Waals surface area contributed by atoms with Crippen LogP contribution in [0.4, 0.5) is 5.69 Å². The van der Waals surface area contributed by atoms with Crippen LogP contribution in [0.2, 0.25) is 0 Å². The van der Waals surface area contributed by atoms with E-state index >= 15 is 0 Å². The number of carbonyl (C=O) groups is 2. The normalized spacial score (nSPS) is 13.6. The number of hydrogen-bond donors (Lipinski definition) is 1. The van der Waals surface area contributed by atoms with Gasteiger partial charge < -0.3 is 5.32 Å². The van der Waals surface area contributed by atoms with Gasteiger partial charge >= 0.3 is 0 Å². The van der Waals surface area contributed by atoms with Gasteiger partial charge in [-0.2, -0.15) is 0 Å². The molecular formula is C32H26BrNO2. The van der Waals surface area contributed by atoms with E-state index in [2.05, 4.69) is 78.4 Å². The van der Waals surface area contributed by atoms with E-state index in [1.165, 1.54) is 0 Å². The Labute approximate surface area is 220 Å². The first kappa shape index (κ1) is 24.0. The van der Waals surface area contributed by atoms with Crippen molar-refractivity contribution in [1.29, 1.82) is 0 Å². The second-order valence-electron chi connectivity index (χ2n) is 9.95. The fraction of sp³-hybridized carbons (Fsp3) is 0.125. The molecule has 0 spiro atoms. The van der Waals surface area contributed by atoms with E-state index < -0.39 is 0 Å². The average molecular weight is 536 g/mol. The highest BCUT2D eigenvalue weighted by Gasteiger charge is 2.33. The number of hydrogen-bond acceptors (Lipinski definition) is 3. The molecule has 0 amide bonds. The van der Waals surface area contributed by atoms with Gasteiger partial charge in [-0.25, -0.2) is 0 Å². The topological polar surface area (TPSA) is 46.2 Å².